The molecule has 2 aromatic carbocycles. The molecule has 0 saturated heterocycles. The molecule has 0 aromatic heterocycles. The molecule has 0 unspecified atom stereocenters. The Morgan fingerprint density at radius 1 is 1.11 bits per heavy atom. The van der Waals surface area contributed by atoms with Crippen molar-refractivity contribution in [2.75, 3.05) is 4.72 Å². The Morgan fingerprint density at radius 3 is 2.32 bits per heavy atom. The monoisotopic (exact) mass is 361 g/mol. The molecule has 0 amide bonds. The summed E-state index contributed by atoms with van der Waals surface area (Å²) in [5.74, 6) is -0.183. The molecule has 0 spiro atoms. The molecule has 19 heavy (non-hydrogen) atoms. The van der Waals surface area contributed by atoms with E-state index in [2.05, 4.69) is 20.7 Å². The Kier molecular flexibility index (Phi) is 4.03. The van der Waals surface area contributed by atoms with E-state index < -0.39 is 10.0 Å². The number of phenols is 1. The van der Waals surface area contributed by atoms with Crippen molar-refractivity contribution in [2.45, 2.75) is 4.90 Å². The van der Waals surface area contributed by atoms with Gasteiger partial charge >= 0.3 is 0 Å². The quantitative estimate of drug-likeness (QED) is 0.876. The number of hydrogen-bond donors (Lipinski definition) is 2. The Labute approximate surface area is 124 Å². The van der Waals surface area contributed by atoms with Gasteiger partial charge in [-0.05, 0) is 36.4 Å². The average molecular weight is 363 g/mol. The minimum absolute atomic E-state index is 0.130. The zero-order valence-electron chi connectivity index (χ0n) is 9.47. The van der Waals surface area contributed by atoms with Crippen LogP contribution in [0.3, 0.4) is 0 Å². The van der Waals surface area contributed by atoms with Crippen LogP contribution in [0.4, 0.5) is 5.69 Å². The van der Waals surface area contributed by atoms with Gasteiger partial charge in [0.2, 0.25) is 0 Å². The summed E-state index contributed by atoms with van der Waals surface area (Å²) in [6.07, 6.45) is 0. The van der Waals surface area contributed by atoms with Gasteiger partial charge in [-0.25, -0.2) is 8.42 Å². The molecule has 2 aromatic rings. The van der Waals surface area contributed by atoms with E-state index in [1.54, 1.807) is 12.1 Å². The van der Waals surface area contributed by atoms with Gasteiger partial charge in [-0.15, -0.1) is 0 Å². The van der Waals surface area contributed by atoms with Crippen molar-refractivity contribution in [1.29, 1.82) is 0 Å². The van der Waals surface area contributed by atoms with Gasteiger partial charge in [0.15, 0.2) is 0 Å². The number of phenolic OH excluding ortho intramolecular Hbond substituents is 1. The summed E-state index contributed by atoms with van der Waals surface area (Å²) in [6, 6.07) is 10.3. The van der Waals surface area contributed by atoms with Crippen molar-refractivity contribution in [3.8, 4) is 5.75 Å². The first-order valence-corrected chi connectivity index (χ1v) is 7.81. The number of benzene rings is 2. The first-order chi connectivity index (χ1) is 8.88. The molecule has 0 saturated carbocycles. The number of sulfonamides is 1. The summed E-state index contributed by atoms with van der Waals surface area (Å²) in [4.78, 5) is 0.130. The molecule has 0 bridgehead atoms. The molecule has 4 nitrogen and oxygen atoms in total. The molecule has 0 aliphatic carbocycles. The molecule has 0 aliphatic rings. The van der Waals surface area contributed by atoms with E-state index in [1.165, 1.54) is 30.3 Å². The van der Waals surface area contributed by atoms with Crippen molar-refractivity contribution in [3.63, 3.8) is 0 Å². The lowest BCUT2D eigenvalue weighted by Gasteiger charge is -2.09. The third kappa shape index (κ3) is 3.40. The third-order valence-corrected chi connectivity index (χ3v) is 4.57. The van der Waals surface area contributed by atoms with Gasteiger partial charge in [0.1, 0.15) is 5.75 Å². The van der Waals surface area contributed by atoms with E-state index in [-0.39, 0.29) is 21.4 Å². The fourth-order valence-electron chi connectivity index (χ4n) is 1.40. The van der Waals surface area contributed by atoms with Gasteiger partial charge in [0.25, 0.3) is 10.0 Å². The van der Waals surface area contributed by atoms with E-state index >= 15 is 0 Å². The van der Waals surface area contributed by atoms with Crippen LogP contribution in [0, 0.1) is 0 Å². The Hall–Kier alpha value is -1.24. The summed E-state index contributed by atoms with van der Waals surface area (Å²) in [7, 11) is -3.68. The number of anilines is 1. The van der Waals surface area contributed by atoms with E-state index in [1.807, 2.05) is 0 Å². The fraction of sp³-hybridized carbons (Fsp3) is 0. The number of aromatic hydroxyl groups is 1. The predicted octanol–water partition coefficient (Wildman–Crippen LogP) is 3.61. The number of hydrogen-bond acceptors (Lipinski definition) is 3. The van der Waals surface area contributed by atoms with E-state index in [4.69, 9.17) is 11.6 Å². The number of rotatable bonds is 3. The van der Waals surface area contributed by atoms with E-state index in [9.17, 15) is 13.5 Å². The molecule has 0 radical (unpaired) electrons. The van der Waals surface area contributed by atoms with Crippen LogP contribution in [0.2, 0.25) is 5.02 Å². The van der Waals surface area contributed by atoms with Gasteiger partial charge in [-0.2, -0.15) is 0 Å². The van der Waals surface area contributed by atoms with Crippen LogP contribution in [0.5, 0.6) is 5.75 Å². The largest absolute Gasteiger partial charge is 0.506 e. The van der Waals surface area contributed by atoms with Crippen molar-refractivity contribution in [1.82, 2.24) is 0 Å². The topological polar surface area (TPSA) is 66.4 Å². The van der Waals surface area contributed by atoms with Crippen LogP contribution < -0.4 is 4.72 Å². The molecule has 0 heterocycles. The van der Waals surface area contributed by atoms with Crippen LogP contribution in [0.15, 0.2) is 51.8 Å². The second kappa shape index (κ2) is 5.40. The molecular weight excluding hydrogens is 354 g/mol. The zero-order valence-corrected chi connectivity index (χ0v) is 12.6. The first kappa shape index (κ1) is 14.2. The Bertz CT molecular complexity index is 701. The summed E-state index contributed by atoms with van der Waals surface area (Å²) >= 11 is 8.89. The smallest absolute Gasteiger partial charge is 0.261 e. The molecular formula is C12H9BrClNO3S. The number of nitrogens with one attached hydrogen (secondary N) is 1. The first-order valence-electron chi connectivity index (χ1n) is 5.15. The summed E-state index contributed by atoms with van der Waals surface area (Å²) in [6.45, 7) is 0. The molecule has 0 aliphatic heterocycles. The maximum atomic E-state index is 12.1. The molecule has 0 fully saturated rings. The normalized spacial score (nSPS) is 11.3. The standard InChI is InChI=1S/C12H9BrClNO3S/c13-8-1-4-10(5-2-8)19(17,18)15-9-3-6-11(14)12(16)7-9/h1-7,15-16H. The lowest BCUT2D eigenvalue weighted by Crippen LogP contribution is -2.12. The highest BCUT2D eigenvalue weighted by Crippen LogP contribution is 2.27. The fourth-order valence-corrected chi connectivity index (χ4v) is 2.84. The lowest BCUT2D eigenvalue weighted by atomic mass is 10.3. The van der Waals surface area contributed by atoms with E-state index in [0.717, 1.165) is 4.47 Å². The highest BCUT2D eigenvalue weighted by Gasteiger charge is 2.14. The van der Waals surface area contributed by atoms with Crippen LogP contribution in [-0.2, 0) is 10.0 Å². The van der Waals surface area contributed by atoms with Gasteiger partial charge < -0.3 is 5.11 Å². The van der Waals surface area contributed by atoms with Crippen molar-refractivity contribution in [3.05, 3.63) is 52.0 Å². The van der Waals surface area contributed by atoms with Crippen LogP contribution in [0.1, 0.15) is 0 Å². The van der Waals surface area contributed by atoms with Crippen LogP contribution in [0.25, 0.3) is 0 Å². The third-order valence-electron chi connectivity index (χ3n) is 2.32. The second-order valence-corrected chi connectivity index (χ2v) is 6.73. The highest BCUT2D eigenvalue weighted by molar-refractivity contribution is 9.10. The van der Waals surface area contributed by atoms with Crippen LogP contribution in [-0.4, -0.2) is 13.5 Å². The Morgan fingerprint density at radius 2 is 1.74 bits per heavy atom. The lowest BCUT2D eigenvalue weighted by molar-refractivity contribution is 0.476. The summed E-state index contributed by atoms with van der Waals surface area (Å²) in [5.41, 5.74) is 0.241. The molecule has 0 atom stereocenters. The van der Waals surface area contributed by atoms with Gasteiger partial charge in [-0.3, -0.25) is 4.72 Å². The van der Waals surface area contributed by atoms with Crippen molar-refractivity contribution >= 4 is 43.2 Å². The minimum atomic E-state index is -3.68. The SMILES string of the molecule is O=S(=O)(Nc1ccc(Cl)c(O)c1)c1ccc(Br)cc1. The minimum Gasteiger partial charge on any atom is -0.506 e. The predicted molar refractivity (Wildman–Crippen MR) is 78.1 cm³/mol. The zero-order chi connectivity index (χ0) is 14.0. The molecule has 7 heteroatoms. The molecule has 100 valence electrons. The maximum absolute atomic E-state index is 12.1. The maximum Gasteiger partial charge on any atom is 0.261 e. The van der Waals surface area contributed by atoms with E-state index in [0.29, 0.717) is 0 Å². The van der Waals surface area contributed by atoms with Gasteiger partial charge in [-0.1, -0.05) is 27.5 Å². The Balaban J connectivity index is 2.30. The number of halogens is 2. The molecule has 2 rings (SSSR count). The summed E-state index contributed by atoms with van der Waals surface area (Å²) in [5, 5.41) is 9.59. The second-order valence-electron chi connectivity index (χ2n) is 3.73. The highest BCUT2D eigenvalue weighted by atomic mass is 79.9. The molecule has 2 N–H and O–H groups in total. The van der Waals surface area contributed by atoms with Crippen molar-refractivity contribution in [2.24, 2.45) is 0 Å². The summed E-state index contributed by atoms with van der Waals surface area (Å²) < 4.78 is 27.3. The van der Waals surface area contributed by atoms with Gasteiger partial charge in [0, 0.05) is 10.5 Å². The average Bonchev–Trinajstić information content (AvgIpc) is 2.34. The van der Waals surface area contributed by atoms with Gasteiger partial charge in [0.05, 0.1) is 15.6 Å². The van der Waals surface area contributed by atoms with Crippen LogP contribution >= 0.6 is 27.5 Å². The van der Waals surface area contributed by atoms with Crippen molar-refractivity contribution < 1.29 is 13.5 Å².